The van der Waals surface area contributed by atoms with Crippen LogP contribution >= 0.6 is 0 Å². The van der Waals surface area contributed by atoms with Crippen LogP contribution in [0.1, 0.15) is 32.6 Å². The van der Waals surface area contributed by atoms with Crippen molar-refractivity contribution in [3.05, 3.63) is 18.5 Å². The standard InChI is InChI=1S/C12H20N2O3S/c1-10-3-2-5-12(15,7-10)9-14-18(16,17)11-4-6-13-8-11/h4,6,8,10,13-15H,2-3,5,7,9H2,1H3. The quantitative estimate of drug-likeness (QED) is 0.771. The summed E-state index contributed by atoms with van der Waals surface area (Å²) in [6.07, 6.45) is 6.36. The van der Waals surface area contributed by atoms with Gasteiger partial charge in [0, 0.05) is 18.9 Å². The van der Waals surface area contributed by atoms with Crippen LogP contribution in [0.4, 0.5) is 0 Å². The summed E-state index contributed by atoms with van der Waals surface area (Å²) in [5.74, 6) is 0.445. The van der Waals surface area contributed by atoms with Gasteiger partial charge in [0.05, 0.1) is 10.5 Å². The van der Waals surface area contributed by atoms with Crippen molar-refractivity contribution in [3.63, 3.8) is 0 Å². The number of aliphatic hydroxyl groups is 1. The molecular formula is C12H20N2O3S. The van der Waals surface area contributed by atoms with Gasteiger partial charge in [-0.1, -0.05) is 19.8 Å². The normalized spacial score (nSPS) is 29.3. The molecule has 0 spiro atoms. The number of hydrogen-bond acceptors (Lipinski definition) is 3. The third kappa shape index (κ3) is 3.13. The zero-order valence-corrected chi connectivity index (χ0v) is 11.3. The molecule has 1 saturated carbocycles. The maximum absolute atomic E-state index is 11.9. The summed E-state index contributed by atoms with van der Waals surface area (Å²) in [6, 6.07) is 1.50. The molecule has 2 unspecified atom stereocenters. The van der Waals surface area contributed by atoms with E-state index in [2.05, 4.69) is 16.6 Å². The highest BCUT2D eigenvalue weighted by atomic mass is 32.2. The van der Waals surface area contributed by atoms with Crippen LogP contribution in [-0.2, 0) is 10.0 Å². The van der Waals surface area contributed by atoms with Gasteiger partial charge in [0.1, 0.15) is 0 Å². The first-order valence-corrected chi connectivity index (χ1v) is 7.74. The van der Waals surface area contributed by atoms with Gasteiger partial charge in [-0.3, -0.25) is 0 Å². The van der Waals surface area contributed by atoms with E-state index < -0.39 is 15.6 Å². The number of sulfonamides is 1. The number of rotatable bonds is 4. The second-order valence-electron chi connectivity index (χ2n) is 5.30. The number of hydrogen-bond donors (Lipinski definition) is 3. The van der Waals surface area contributed by atoms with Crippen molar-refractivity contribution in [1.82, 2.24) is 9.71 Å². The molecule has 0 aromatic carbocycles. The average molecular weight is 272 g/mol. The lowest BCUT2D eigenvalue weighted by Gasteiger charge is -2.35. The molecule has 102 valence electrons. The Balaban J connectivity index is 1.99. The number of aromatic nitrogens is 1. The highest BCUT2D eigenvalue weighted by Crippen LogP contribution is 2.31. The fourth-order valence-electron chi connectivity index (χ4n) is 2.58. The lowest BCUT2D eigenvalue weighted by Crippen LogP contribution is -2.45. The Hall–Kier alpha value is -0.850. The van der Waals surface area contributed by atoms with E-state index in [-0.39, 0.29) is 11.4 Å². The highest BCUT2D eigenvalue weighted by Gasteiger charge is 2.33. The monoisotopic (exact) mass is 272 g/mol. The first-order chi connectivity index (χ1) is 8.41. The largest absolute Gasteiger partial charge is 0.389 e. The second-order valence-corrected chi connectivity index (χ2v) is 7.06. The van der Waals surface area contributed by atoms with Crippen molar-refractivity contribution >= 4 is 10.0 Å². The molecule has 1 heterocycles. The van der Waals surface area contributed by atoms with Gasteiger partial charge in [-0.05, 0) is 24.8 Å². The number of H-pyrrole nitrogens is 1. The fourth-order valence-corrected chi connectivity index (χ4v) is 3.68. The SMILES string of the molecule is CC1CCCC(O)(CNS(=O)(=O)c2cc[nH]c2)C1. The Morgan fingerprint density at radius 1 is 1.61 bits per heavy atom. The van der Waals surface area contributed by atoms with E-state index in [1.165, 1.54) is 12.3 Å². The number of aromatic amines is 1. The first-order valence-electron chi connectivity index (χ1n) is 6.26. The van der Waals surface area contributed by atoms with Gasteiger partial charge in [-0.2, -0.15) is 0 Å². The van der Waals surface area contributed by atoms with Crippen molar-refractivity contribution in [2.24, 2.45) is 5.92 Å². The molecule has 5 nitrogen and oxygen atoms in total. The molecule has 3 N–H and O–H groups in total. The predicted molar refractivity (Wildman–Crippen MR) is 68.6 cm³/mol. The van der Waals surface area contributed by atoms with Gasteiger partial charge < -0.3 is 10.1 Å². The summed E-state index contributed by atoms with van der Waals surface area (Å²) >= 11 is 0. The van der Waals surface area contributed by atoms with Crippen molar-refractivity contribution < 1.29 is 13.5 Å². The summed E-state index contributed by atoms with van der Waals surface area (Å²) in [6.45, 7) is 2.18. The van der Waals surface area contributed by atoms with Gasteiger partial charge in [-0.25, -0.2) is 13.1 Å². The van der Waals surface area contributed by atoms with Crippen LogP contribution < -0.4 is 4.72 Å². The summed E-state index contributed by atoms with van der Waals surface area (Å²) in [5.41, 5.74) is -0.902. The lowest BCUT2D eigenvalue weighted by molar-refractivity contribution is -0.00751. The van der Waals surface area contributed by atoms with E-state index in [4.69, 9.17) is 0 Å². The lowest BCUT2D eigenvalue weighted by atomic mass is 9.79. The molecule has 0 bridgehead atoms. The summed E-state index contributed by atoms with van der Waals surface area (Å²) in [7, 11) is -3.51. The second kappa shape index (κ2) is 5.03. The van der Waals surface area contributed by atoms with Crippen molar-refractivity contribution in [2.75, 3.05) is 6.54 Å². The van der Waals surface area contributed by atoms with E-state index >= 15 is 0 Å². The molecule has 0 aliphatic heterocycles. The predicted octanol–water partition coefficient (Wildman–Crippen LogP) is 1.23. The molecule has 0 saturated heterocycles. The van der Waals surface area contributed by atoms with Crippen LogP contribution in [-0.4, -0.2) is 30.7 Å². The maximum Gasteiger partial charge on any atom is 0.242 e. The molecule has 1 aromatic rings. The topological polar surface area (TPSA) is 82.2 Å². The van der Waals surface area contributed by atoms with Crippen LogP contribution in [0.15, 0.2) is 23.4 Å². The maximum atomic E-state index is 11.9. The van der Waals surface area contributed by atoms with E-state index in [1.807, 2.05) is 0 Å². The van der Waals surface area contributed by atoms with E-state index in [9.17, 15) is 13.5 Å². The van der Waals surface area contributed by atoms with Crippen LogP contribution in [0.2, 0.25) is 0 Å². The molecule has 0 radical (unpaired) electrons. The molecule has 1 aromatic heterocycles. The molecule has 1 aliphatic carbocycles. The Labute approximate surface area is 108 Å². The molecular weight excluding hydrogens is 252 g/mol. The molecule has 6 heteroatoms. The minimum absolute atomic E-state index is 0.0881. The van der Waals surface area contributed by atoms with Crippen molar-refractivity contribution in [3.8, 4) is 0 Å². The number of nitrogens with one attached hydrogen (secondary N) is 2. The van der Waals surface area contributed by atoms with Crippen molar-refractivity contribution in [1.29, 1.82) is 0 Å². The highest BCUT2D eigenvalue weighted by molar-refractivity contribution is 7.89. The van der Waals surface area contributed by atoms with Gasteiger partial charge in [0.2, 0.25) is 10.0 Å². The Morgan fingerprint density at radius 3 is 3.00 bits per heavy atom. The van der Waals surface area contributed by atoms with Gasteiger partial charge in [-0.15, -0.1) is 0 Å². The van der Waals surface area contributed by atoms with Crippen LogP contribution in [0.5, 0.6) is 0 Å². The van der Waals surface area contributed by atoms with E-state index in [0.29, 0.717) is 18.8 Å². The summed E-state index contributed by atoms with van der Waals surface area (Å²) in [4.78, 5) is 2.91. The van der Waals surface area contributed by atoms with Gasteiger partial charge in [0.15, 0.2) is 0 Å². The molecule has 2 atom stereocenters. The summed E-state index contributed by atoms with van der Waals surface area (Å²) in [5, 5.41) is 10.4. The van der Waals surface area contributed by atoms with Crippen molar-refractivity contribution in [2.45, 2.75) is 43.1 Å². The Bertz CT molecular complexity index is 483. The molecule has 2 rings (SSSR count). The first kappa shape index (κ1) is 13.6. The van der Waals surface area contributed by atoms with Gasteiger partial charge in [0.25, 0.3) is 0 Å². The molecule has 18 heavy (non-hydrogen) atoms. The molecule has 1 fully saturated rings. The minimum Gasteiger partial charge on any atom is -0.389 e. The Morgan fingerprint density at radius 2 is 2.39 bits per heavy atom. The van der Waals surface area contributed by atoms with E-state index in [1.54, 1.807) is 6.20 Å². The smallest absolute Gasteiger partial charge is 0.242 e. The van der Waals surface area contributed by atoms with Crippen LogP contribution in [0.25, 0.3) is 0 Å². The molecule has 0 amide bonds. The van der Waals surface area contributed by atoms with E-state index in [0.717, 1.165) is 12.8 Å². The zero-order chi connectivity index (χ0) is 13.2. The minimum atomic E-state index is -3.51. The fraction of sp³-hybridized carbons (Fsp3) is 0.667. The third-order valence-electron chi connectivity index (χ3n) is 3.54. The third-order valence-corrected chi connectivity index (χ3v) is 4.94. The Kier molecular flexibility index (Phi) is 3.79. The molecule has 1 aliphatic rings. The average Bonchev–Trinajstić information content (AvgIpc) is 2.80. The van der Waals surface area contributed by atoms with Crippen LogP contribution in [0, 0.1) is 5.92 Å². The summed E-state index contributed by atoms with van der Waals surface area (Å²) < 4.78 is 26.3. The van der Waals surface area contributed by atoms with Crippen LogP contribution in [0.3, 0.4) is 0 Å². The zero-order valence-electron chi connectivity index (χ0n) is 10.5. The van der Waals surface area contributed by atoms with Gasteiger partial charge >= 0.3 is 0 Å².